The maximum absolute atomic E-state index is 13.7. The molecule has 1 heterocycles. The van der Waals surface area contributed by atoms with Gasteiger partial charge in [-0.15, -0.1) is 0 Å². The first-order chi connectivity index (χ1) is 9.62. The Labute approximate surface area is 122 Å². The zero-order valence-corrected chi connectivity index (χ0v) is 12.0. The van der Waals surface area contributed by atoms with Gasteiger partial charge in [0.25, 0.3) is 0 Å². The molecule has 0 saturated carbocycles. The van der Waals surface area contributed by atoms with E-state index < -0.39 is 5.82 Å². The van der Waals surface area contributed by atoms with Crippen molar-refractivity contribution in [2.75, 3.05) is 12.4 Å². The minimum absolute atomic E-state index is 0.279. The molecule has 2 rings (SSSR count). The van der Waals surface area contributed by atoms with Crippen LogP contribution in [-0.4, -0.2) is 17.1 Å². The van der Waals surface area contributed by atoms with Gasteiger partial charge in [0, 0.05) is 18.6 Å². The number of aromatic nitrogens is 2. The smallest absolute Gasteiger partial charge is 0.146 e. The molecule has 0 aliphatic rings. The largest absolute Gasteiger partial charge is 0.497 e. The molecular weight excluding hydrogens is 281 g/mol. The molecule has 1 N–H and O–H groups in total. The number of halogens is 2. The fourth-order valence-corrected chi connectivity index (χ4v) is 1.93. The second kappa shape index (κ2) is 6.52. The van der Waals surface area contributed by atoms with E-state index in [1.807, 2.05) is 6.92 Å². The number of methoxy groups -OCH3 is 1. The van der Waals surface area contributed by atoms with E-state index >= 15 is 0 Å². The molecule has 0 unspecified atom stereocenters. The lowest BCUT2D eigenvalue weighted by atomic mass is 10.3. The zero-order valence-electron chi connectivity index (χ0n) is 11.3. The third-order valence-corrected chi connectivity index (χ3v) is 2.84. The Morgan fingerprint density at radius 2 is 2.10 bits per heavy atom. The lowest BCUT2D eigenvalue weighted by Crippen LogP contribution is -2.02. The van der Waals surface area contributed by atoms with E-state index in [4.69, 9.17) is 16.3 Å². The van der Waals surface area contributed by atoms with Crippen LogP contribution in [-0.2, 0) is 6.42 Å². The Morgan fingerprint density at radius 1 is 1.30 bits per heavy atom. The summed E-state index contributed by atoms with van der Waals surface area (Å²) in [5.74, 6) is 1.26. The Morgan fingerprint density at radius 3 is 2.80 bits per heavy atom. The van der Waals surface area contributed by atoms with Crippen molar-refractivity contribution < 1.29 is 9.13 Å². The predicted molar refractivity (Wildman–Crippen MR) is 77.3 cm³/mol. The van der Waals surface area contributed by atoms with Gasteiger partial charge in [0.2, 0.25) is 0 Å². The highest BCUT2D eigenvalue weighted by Crippen LogP contribution is 2.25. The number of hydrogen-bond acceptors (Lipinski definition) is 4. The SMILES string of the molecule is CCCc1nc(Cl)cc(Nc2cc(OC)ccc2F)n1. The standard InChI is InChI=1S/C14H15ClFN3O/c1-3-4-13-18-12(15)8-14(19-13)17-11-7-9(20-2)5-6-10(11)16/h5-8H,3-4H2,1-2H3,(H,17,18,19). The number of rotatable bonds is 5. The van der Waals surface area contributed by atoms with Gasteiger partial charge >= 0.3 is 0 Å². The normalized spacial score (nSPS) is 10.4. The molecule has 20 heavy (non-hydrogen) atoms. The summed E-state index contributed by atoms with van der Waals surface area (Å²) in [6.07, 6.45) is 1.63. The van der Waals surface area contributed by atoms with E-state index in [0.717, 1.165) is 12.8 Å². The molecule has 1 aromatic heterocycles. The van der Waals surface area contributed by atoms with Gasteiger partial charge in [-0.1, -0.05) is 18.5 Å². The fraction of sp³-hybridized carbons (Fsp3) is 0.286. The summed E-state index contributed by atoms with van der Waals surface area (Å²) >= 11 is 5.94. The van der Waals surface area contributed by atoms with Crippen molar-refractivity contribution in [1.82, 2.24) is 9.97 Å². The number of hydrogen-bond donors (Lipinski definition) is 1. The van der Waals surface area contributed by atoms with Crippen molar-refractivity contribution >= 4 is 23.1 Å². The first kappa shape index (κ1) is 14.5. The van der Waals surface area contributed by atoms with Gasteiger partial charge in [-0.2, -0.15) is 0 Å². The van der Waals surface area contributed by atoms with Crippen LogP contribution in [0.1, 0.15) is 19.2 Å². The molecule has 6 heteroatoms. The molecule has 4 nitrogen and oxygen atoms in total. The second-order valence-electron chi connectivity index (χ2n) is 4.21. The zero-order chi connectivity index (χ0) is 14.5. The van der Waals surface area contributed by atoms with Gasteiger partial charge in [-0.25, -0.2) is 14.4 Å². The van der Waals surface area contributed by atoms with Crippen molar-refractivity contribution in [1.29, 1.82) is 0 Å². The van der Waals surface area contributed by atoms with Crippen LogP contribution in [0.3, 0.4) is 0 Å². The van der Waals surface area contributed by atoms with Gasteiger partial charge < -0.3 is 10.1 Å². The first-order valence-corrected chi connectivity index (χ1v) is 6.64. The molecule has 0 radical (unpaired) electrons. The monoisotopic (exact) mass is 295 g/mol. The van der Waals surface area contributed by atoms with Crippen LogP contribution in [0.15, 0.2) is 24.3 Å². The molecule has 0 spiro atoms. The van der Waals surface area contributed by atoms with Crippen LogP contribution in [0.25, 0.3) is 0 Å². The molecule has 0 aliphatic heterocycles. The molecule has 106 valence electrons. The van der Waals surface area contributed by atoms with Gasteiger partial charge in [-0.3, -0.25) is 0 Å². The highest BCUT2D eigenvalue weighted by Gasteiger charge is 2.08. The number of aryl methyl sites for hydroxylation is 1. The van der Waals surface area contributed by atoms with Crippen molar-refractivity contribution in [2.45, 2.75) is 19.8 Å². The average molecular weight is 296 g/mol. The molecule has 2 aromatic rings. The minimum atomic E-state index is -0.391. The maximum atomic E-state index is 13.7. The van der Waals surface area contributed by atoms with Crippen LogP contribution in [0.4, 0.5) is 15.9 Å². The number of nitrogens with one attached hydrogen (secondary N) is 1. The quantitative estimate of drug-likeness (QED) is 0.848. The predicted octanol–water partition coefficient (Wildman–Crippen LogP) is 3.97. The molecule has 0 atom stereocenters. The highest BCUT2D eigenvalue weighted by atomic mass is 35.5. The Kier molecular flexibility index (Phi) is 4.74. The summed E-state index contributed by atoms with van der Waals surface area (Å²) in [7, 11) is 1.53. The van der Waals surface area contributed by atoms with Crippen molar-refractivity contribution in [3.63, 3.8) is 0 Å². The summed E-state index contributed by atoms with van der Waals surface area (Å²) in [6, 6.07) is 6.00. The third-order valence-electron chi connectivity index (χ3n) is 2.65. The average Bonchev–Trinajstić information content (AvgIpc) is 2.41. The van der Waals surface area contributed by atoms with E-state index in [2.05, 4.69) is 15.3 Å². The molecular formula is C14H15ClFN3O. The Bertz CT molecular complexity index is 607. The summed E-state index contributed by atoms with van der Waals surface area (Å²) in [5.41, 5.74) is 0.279. The van der Waals surface area contributed by atoms with Gasteiger partial charge in [0.1, 0.15) is 28.4 Å². The molecule has 1 aromatic carbocycles. The van der Waals surface area contributed by atoms with E-state index in [1.165, 1.54) is 13.2 Å². The van der Waals surface area contributed by atoms with Crippen LogP contribution >= 0.6 is 11.6 Å². The molecule has 0 aliphatic carbocycles. The topological polar surface area (TPSA) is 47.0 Å². The minimum Gasteiger partial charge on any atom is -0.497 e. The van der Waals surface area contributed by atoms with Crippen molar-refractivity contribution in [3.8, 4) is 5.75 Å². The van der Waals surface area contributed by atoms with Gasteiger partial charge in [0.05, 0.1) is 12.8 Å². The third kappa shape index (κ3) is 3.57. The molecule has 0 fully saturated rings. The fourth-order valence-electron chi connectivity index (χ4n) is 1.73. The lowest BCUT2D eigenvalue weighted by Gasteiger charge is -2.10. The van der Waals surface area contributed by atoms with E-state index in [1.54, 1.807) is 18.2 Å². The lowest BCUT2D eigenvalue weighted by molar-refractivity contribution is 0.414. The molecule has 0 amide bonds. The van der Waals surface area contributed by atoms with E-state index in [0.29, 0.717) is 22.5 Å². The summed E-state index contributed by atoms with van der Waals surface area (Å²) in [6.45, 7) is 2.03. The summed E-state index contributed by atoms with van der Waals surface area (Å²) in [4.78, 5) is 8.42. The van der Waals surface area contributed by atoms with Gasteiger partial charge in [0.15, 0.2) is 0 Å². The number of anilines is 2. The van der Waals surface area contributed by atoms with Crippen molar-refractivity contribution in [3.05, 3.63) is 41.1 Å². The molecule has 0 bridgehead atoms. The van der Waals surface area contributed by atoms with Crippen molar-refractivity contribution in [2.24, 2.45) is 0 Å². The van der Waals surface area contributed by atoms with Crippen LogP contribution in [0.5, 0.6) is 5.75 Å². The van der Waals surface area contributed by atoms with Crippen LogP contribution < -0.4 is 10.1 Å². The van der Waals surface area contributed by atoms with E-state index in [9.17, 15) is 4.39 Å². The number of nitrogens with zero attached hydrogens (tertiary/aromatic N) is 2. The Hall–Kier alpha value is -1.88. The van der Waals surface area contributed by atoms with Crippen LogP contribution in [0.2, 0.25) is 5.15 Å². The highest BCUT2D eigenvalue weighted by molar-refractivity contribution is 6.29. The molecule has 0 saturated heterocycles. The second-order valence-corrected chi connectivity index (χ2v) is 4.60. The Balaban J connectivity index is 2.29. The summed E-state index contributed by atoms with van der Waals surface area (Å²) < 4.78 is 18.8. The van der Waals surface area contributed by atoms with E-state index in [-0.39, 0.29) is 5.69 Å². The number of ether oxygens (including phenoxy) is 1. The number of benzene rings is 1. The first-order valence-electron chi connectivity index (χ1n) is 6.26. The summed E-state index contributed by atoms with van der Waals surface area (Å²) in [5, 5.41) is 3.22. The van der Waals surface area contributed by atoms with Gasteiger partial charge in [-0.05, 0) is 18.6 Å². The van der Waals surface area contributed by atoms with Crippen LogP contribution in [0, 0.1) is 5.82 Å². The maximum Gasteiger partial charge on any atom is 0.146 e.